The maximum atomic E-state index is 12.2. The van der Waals surface area contributed by atoms with Gasteiger partial charge in [-0.05, 0) is 18.6 Å². The minimum absolute atomic E-state index is 0.103. The number of hydrogen-bond donors (Lipinski definition) is 0. The summed E-state index contributed by atoms with van der Waals surface area (Å²) in [4.78, 5) is 13.9. The van der Waals surface area contributed by atoms with Crippen molar-refractivity contribution >= 4 is 17.7 Å². The molecule has 0 aliphatic carbocycles. The molecule has 24 heavy (non-hydrogen) atoms. The molecule has 0 spiro atoms. The number of rotatable bonds is 6. The van der Waals surface area contributed by atoms with Gasteiger partial charge in [0, 0.05) is 20.1 Å². The maximum Gasteiger partial charge on any atom is 0.235 e. The molecule has 0 bridgehead atoms. The van der Waals surface area contributed by atoms with Crippen LogP contribution in [0.2, 0.25) is 0 Å². The molecule has 1 saturated heterocycles. The quantitative estimate of drug-likeness (QED) is 0.754. The van der Waals surface area contributed by atoms with Gasteiger partial charge >= 0.3 is 0 Å². The normalized spacial score (nSPS) is 17.3. The zero-order valence-electron chi connectivity index (χ0n) is 13.8. The van der Waals surface area contributed by atoms with Crippen LogP contribution in [0.1, 0.15) is 6.42 Å². The third kappa shape index (κ3) is 3.03. The van der Waals surface area contributed by atoms with Gasteiger partial charge in [-0.1, -0.05) is 30.0 Å². The zero-order valence-corrected chi connectivity index (χ0v) is 14.6. The highest BCUT2D eigenvalue weighted by molar-refractivity contribution is 8.00. The Morgan fingerprint density at radius 2 is 2.21 bits per heavy atom. The number of carbonyl (C=O) groups excluding carboxylic acids is 1. The second-order valence-electron chi connectivity index (χ2n) is 5.56. The average Bonchev–Trinajstić information content (AvgIpc) is 3.14. The molecule has 1 aromatic carbocycles. The molecule has 2 aromatic rings. The molecule has 1 atom stereocenters. The zero-order chi connectivity index (χ0) is 17.1. The van der Waals surface area contributed by atoms with Crippen LogP contribution in [0.3, 0.4) is 0 Å². The lowest BCUT2D eigenvalue weighted by atomic mass is 10.2. The van der Waals surface area contributed by atoms with Crippen LogP contribution in [0.4, 0.5) is 0 Å². The Bertz CT molecular complexity index is 759. The number of thioether (sulfide) groups is 1. The molecule has 1 fully saturated rings. The summed E-state index contributed by atoms with van der Waals surface area (Å²) in [7, 11) is 3.47. The van der Waals surface area contributed by atoms with Gasteiger partial charge in [-0.3, -0.25) is 9.36 Å². The van der Waals surface area contributed by atoms with Crippen LogP contribution in [0.5, 0.6) is 5.75 Å². The maximum absolute atomic E-state index is 12.2. The summed E-state index contributed by atoms with van der Waals surface area (Å²) in [5, 5.41) is 9.27. The van der Waals surface area contributed by atoms with Crippen LogP contribution >= 0.6 is 11.8 Å². The first kappa shape index (κ1) is 16.6. The summed E-state index contributed by atoms with van der Waals surface area (Å²) in [5.74, 6) is 1.60. The van der Waals surface area contributed by atoms with Crippen molar-refractivity contribution in [2.24, 2.45) is 0 Å². The van der Waals surface area contributed by atoms with E-state index in [4.69, 9.17) is 4.74 Å². The van der Waals surface area contributed by atoms with E-state index in [0.29, 0.717) is 12.4 Å². The molecule has 1 aliphatic rings. The third-order valence-electron chi connectivity index (χ3n) is 4.00. The first-order chi connectivity index (χ1) is 11.7. The number of aromatic nitrogens is 3. The van der Waals surface area contributed by atoms with Crippen molar-refractivity contribution in [1.82, 2.24) is 19.7 Å². The van der Waals surface area contributed by atoms with Gasteiger partial charge in [-0.15, -0.1) is 16.8 Å². The van der Waals surface area contributed by atoms with E-state index in [1.165, 1.54) is 11.8 Å². The van der Waals surface area contributed by atoms with Crippen LogP contribution in [0, 0.1) is 0 Å². The van der Waals surface area contributed by atoms with Crippen LogP contribution in [0.25, 0.3) is 11.4 Å². The van der Waals surface area contributed by atoms with Crippen LogP contribution in [-0.4, -0.2) is 51.5 Å². The van der Waals surface area contributed by atoms with Gasteiger partial charge in [0.15, 0.2) is 11.0 Å². The lowest BCUT2D eigenvalue weighted by Gasteiger charge is -2.12. The summed E-state index contributed by atoms with van der Waals surface area (Å²) in [6.07, 6.45) is 2.62. The van der Waals surface area contributed by atoms with Crippen molar-refractivity contribution in [3.8, 4) is 17.1 Å². The van der Waals surface area contributed by atoms with E-state index in [2.05, 4.69) is 16.8 Å². The van der Waals surface area contributed by atoms with Gasteiger partial charge in [0.25, 0.3) is 0 Å². The lowest BCUT2D eigenvalue weighted by Crippen LogP contribution is -2.24. The second kappa shape index (κ2) is 7.09. The molecular weight excluding hydrogens is 324 g/mol. The van der Waals surface area contributed by atoms with E-state index in [1.54, 1.807) is 18.1 Å². The third-order valence-corrected chi connectivity index (χ3v) is 5.24. The summed E-state index contributed by atoms with van der Waals surface area (Å²) in [6.45, 7) is 5.17. The number of methoxy groups -OCH3 is 1. The lowest BCUT2D eigenvalue weighted by molar-refractivity contribution is -0.126. The molecule has 126 valence electrons. The fourth-order valence-corrected chi connectivity index (χ4v) is 3.86. The monoisotopic (exact) mass is 344 g/mol. The molecule has 6 nitrogen and oxygen atoms in total. The average molecular weight is 344 g/mol. The Hall–Kier alpha value is -2.28. The minimum atomic E-state index is -0.103. The predicted molar refractivity (Wildman–Crippen MR) is 94.1 cm³/mol. The number of nitrogens with zero attached hydrogens (tertiary/aromatic N) is 4. The second-order valence-corrected chi connectivity index (χ2v) is 6.73. The molecule has 1 unspecified atom stereocenters. The number of carbonyl (C=O) groups is 1. The summed E-state index contributed by atoms with van der Waals surface area (Å²) in [5.41, 5.74) is 0.871. The molecule has 0 radical (unpaired) electrons. The summed E-state index contributed by atoms with van der Waals surface area (Å²) >= 11 is 1.47. The van der Waals surface area contributed by atoms with E-state index < -0.39 is 0 Å². The van der Waals surface area contributed by atoms with Crippen molar-refractivity contribution in [2.75, 3.05) is 20.7 Å². The Morgan fingerprint density at radius 3 is 2.88 bits per heavy atom. The minimum Gasteiger partial charge on any atom is -0.496 e. The number of benzene rings is 1. The van der Waals surface area contributed by atoms with E-state index in [-0.39, 0.29) is 11.2 Å². The number of para-hydroxylation sites is 1. The fourth-order valence-electron chi connectivity index (χ4n) is 2.73. The smallest absolute Gasteiger partial charge is 0.235 e. The predicted octanol–water partition coefficient (Wildman–Crippen LogP) is 2.46. The number of amides is 1. The van der Waals surface area contributed by atoms with Crippen LogP contribution < -0.4 is 4.74 Å². The van der Waals surface area contributed by atoms with Gasteiger partial charge < -0.3 is 9.64 Å². The van der Waals surface area contributed by atoms with E-state index >= 15 is 0 Å². The van der Waals surface area contributed by atoms with Crippen molar-refractivity contribution in [2.45, 2.75) is 23.4 Å². The van der Waals surface area contributed by atoms with E-state index in [0.717, 1.165) is 29.4 Å². The van der Waals surface area contributed by atoms with Crippen LogP contribution in [0.15, 0.2) is 42.1 Å². The molecule has 0 N–H and O–H groups in total. The molecule has 1 aromatic heterocycles. The van der Waals surface area contributed by atoms with E-state index in [9.17, 15) is 4.79 Å². The van der Waals surface area contributed by atoms with Gasteiger partial charge in [0.05, 0.1) is 17.9 Å². The topological polar surface area (TPSA) is 60.2 Å². The van der Waals surface area contributed by atoms with Gasteiger partial charge in [0.2, 0.25) is 5.91 Å². The number of hydrogen-bond acceptors (Lipinski definition) is 5. The van der Waals surface area contributed by atoms with Crippen molar-refractivity contribution in [3.05, 3.63) is 36.9 Å². The Kier molecular flexibility index (Phi) is 4.89. The number of ether oxygens (including phenoxy) is 1. The van der Waals surface area contributed by atoms with Gasteiger partial charge in [-0.2, -0.15) is 0 Å². The largest absolute Gasteiger partial charge is 0.496 e. The van der Waals surface area contributed by atoms with Crippen molar-refractivity contribution in [3.63, 3.8) is 0 Å². The Balaban J connectivity index is 1.96. The Morgan fingerprint density at radius 1 is 1.42 bits per heavy atom. The van der Waals surface area contributed by atoms with Crippen molar-refractivity contribution < 1.29 is 9.53 Å². The first-order valence-electron chi connectivity index (χ1n) is 7.74. The molecule has 3 rings (SSSR count). The Labute approximate surface area is 145 Å². The highest BCUT2D eigenvalue weighted by Crippen LogP contribution is 2.34. The van der Waals surface area contributed by atoms with Gasteiger partial charge in [0.1, 0.15) is 5.75 Å². The van der Waals surface area contributed by atoms with E-state index in [1.807, 2.05) is 35.9 Å². The van der Waals surface area contributed by atoms with Gasteiger partial charge in [-0.25, -0.2) is 0 Å². The summed E-state index contributed by atoms with van der Waals surface area (Å²) in [6, 6.07) is 7.70. The molecule has 1 amide bonds. The fraction of sp³-hybridized carbons (Fsp3) is 0.353. The first-order valence-corrected chi connectivity index (χ1v) is 8.62. The molecule has 1 aliphatic heterocycles. The highest BCUT2D eigenvalue weighted by atomic mass is 32.2. The van der Waals surface area contributed by atoms with Crippen LogP contribution in [-0.2, 0) is 11.3 Å². The molecule has 7 heteroatoms. The number of likely N-dealkylation sites (tertiary alicyclic amines) is 1. The molecule has 2 heterocycles. The summed E-state index contributed by atoms with van der Waals surface area (Å²) < 4.78 is 7.41. The number of allylic oxidation sites excluding steroid dienone is 1. The standard InChI is InChI=1S/C17H20N4O2S/c1-4-10-21-15(12-7-5-6-8-13(12)23-3)18-19-17(21)24-14-9-11-20(2)16(14)22/h4-8,14H,1,9-11H2,2-3H3. The van der Waals surface area contributed by atoms with Crippen molar-refractivity contribution in [1.29, 1.82) is 0 Å². The SMILES string of the molecule is C=CCn1c(SC2CCN(C)C2=O)nnc1-c1ccccc1OC. The molecule has 0 saturated carbocycles. The highest BCUT2D eigenvalue weighted by Gasteiger charge is 2.32. The molecular formula is C17H20N4O2S.